The number of nitrogens with zero attached hydrogens (tertiary/aromatic N) is 3. The second-order valence-electron chi connectivity index (χ2n) is 3.92. The SMILES string of the molecule is O=c1[nH]c2nccnc2c(O)c1-c1cc(Cl)ncc1Cl. The summed E-state index contributed by atoms with van der Waals surface area (Å²) in [7, 11) is 0. The van der Waals surface area contributed by atoms with Crippen LogP contribution < -0.4 is 5.56 Å². The largest absolute Gasteiger partial charge is 0.505 e. The number of hydrogen-bond acceptors (Lipinski definition) is 5. The topological polar surface area (TPSA) is 91.8 Å². The van der Waals surface area contributed by atoms with E-state index in [2.05, 4.69) is 19.9 Å². The van der Waals surface area contributed by atoms with E-state index in [1.54, 1.807) is 0 Å². The molecule has 100 valence electrons. The number of H-pyrrole nitrogens is 1. The molecule has 0 aliphatic heterocycles. The minimum absolute atomic E-state index is 0.0210. The quantitative estimate of drug-likeness (QED) is 0.673. The molecule has 3 aromatic heterocycles. The monoisotopic (exact) mass is 308 g/mol. The number of aromatic hydroxyl groups is 1. The van der Waals surface area contributed by atoms with Crippen molar-refractivity contribution in [2.75, 3.05) is 0 Å². The Labute approximate surface area is 122 Å². The van der Waals surface area contributed by atoms with Crippen LogP contribution in [0.25, 0.3) is 22.3 Å². The summed E-state index contributed by atoms with van der Waals surface area (Å²) >= 11 is 11.8. The highest BCUT2D eigenvalue weighted by Crippen LogP contribution is 2.34. The Kier molecular flexibility index (Phi) is 3.04. The van der Waals surface area contributed by atoms with Gasteiger partial charge < -0.3 is 10.1 Å². The van der Waals surface area contributed by atoms with Gasteiger partial charge in [-0.2, -0.15) is 0 Å². The Bertz CT molecular complexity index is 879. The van der Waals surface area contributed by atoms with Gasteiger partial charge in [-0.05, 0) is 6.07 Å². The van der Waals surface area contributed by atoms with Gasteiger partial charge in [0, 0.05) is 24.2 Å². The second-order valence-corrected chi connectivity index (χ2v) is 4.71. The fourth-order valence-electron chi connectivity index (χ4n) is 1.85. The van der Waals surface area contributed by atoms with Crippen LogP contribution in [0.5, 0.6) is 5.75 Å². The zero-order chi connectivity index (χ0) is 14.3. The summed E-state index contributed by atoms with van der Waals surface area (Å²) in [6, 6.07) is 1.40. The van der Waals surface area contributed by atoms with Crippen LogP contribution in [-0.2, 0) is 0 Å². The van der Waals surface area contributed by atoms with Crippen molar-refractivity contribution in [3.8, 4) is 16.9 Å². The maximum Gasteiger partial charge on any atom is 0.261 e. The maximum atomic E-state index is 12.1. The molecule has 0 unspecified atom stereocenters. The summed E-state index contributed by atoms with van der Waals surface area (Å²) in [5.74, 6) is -0.305. The van der Waals surface area contributed by atoms with Gasteiger partial charge in [-0.25, -0.2) is 15.0 Å². The Morgan fingerprint density at radius 3 is 2.70 bits per heavy atom. The van der Waals surface area contributed by atoms with E-state index in [9.17, 15) is 9.90 Å². The number of halogens is 2. The van der Waals surface area contributed by atoms with E-state index in [4.69, 9.17) is 23.2 Å². The molecule has 0 spiro atoms. The highest BCUT2D eigenvalue weighted by atomic mass is 35.5. The lowest BCUT2D eigenvalue weighted by Gasteiger charge is -2.07. The van der Waals surface area contributed by atoms with Crippen molar-refractivity contribution in [3.63, 3.8) is 0 Å². The molecule has 0 atom stereocenters. The van der Waals surface area contributed by atoms with Crippen LogP contribution in [0.2, 0.25) is 10.2 Å². The van der Waals surface area contributed by atoms with Crippen molar-refractivity contribution in [1.82, 2.24) is 19.9 Å². The van der Waals surface area contributed by atoms with E-state index in [0.717, 1.165) is 0 Å². The van der Waals surface area contributed by atoms with Gasteiger partial charge in [0.2, 0.25) is 0 Å². The van der Waals surface area contributed by atoms with Gasteiger partial charge in [0.25, 0.3) is 5.56 Å². The predicted octanol–water partition coefficient (Wildman–Crippen LogP) is 2.39. The van der Waals surface area contributed by atoms with Crippen molar-refractivity contribution in [2.45, 2.75) is 0 Å². The molecular weight excluding hydrogens is 303 g/mol. The van der Waals surface area contributed by atoms with Crippen LogP contribution in [0.15, 0.2) is 29.5 Å². The van der Waals surface area contributed by atoms with Gasteiger partial charge in [-0.15, -0.1) is 0 Å². The third-order valence-electron chi connectivity index (χ3n) is 2.71. The number of nitrogens with one attached hydrogen (secondary N) is 1. The first-order chi connectivity index (χ1) is 9.58. The molecule has 0 bridgehead atoms. The van der Waals surface area contributed by atoms with Crippen LogP contribution >= 0.6 is 23.2 Å². The van der Waals surface area contributed by atoms with Crippen LogP contribution in [0.1, 0.15) is 0 Å². The summed E-state index contributed by atoms with van der Waals surface area (Å²) in [6.07, 6.45) is 4.12. The fraction of sp³-hybridized carbons (Fsp3) is 0. The molecule has 20 heavy (non-hydrogen) atoms. The Morgan fingerprint density at radius 2 is 1.90 bits per heavy atom. The molecule has 2 N–H and O–H groups in total. The van der Waals surface area contributed by atoms with E-state index < -0.39 is 5.56 Å². The molecular formula is C12H6Cl2N4O2. The Morgan fingerprint density at radius 1 is 1.15 bits per heavy atom. The average molecular weight is 309 g/mol. The van der Waals surface area contributed by atoms with Crippen molar-refractivity contribution in [3.05, 3.63) is 45.2 Å². The van der Waals surface area contributed by atoms with Crippen LogP contribution in [-0.4, -0.2) is 25.0 Å². The van der Waals surface area contributed by atoms with Crippen molar-refractivity contribution in [1.29, 1.82) is 0 Å². The van der Waals surface area contributed by atoms with Crippen LogP contribution in [0.4, 0.5) is 0 Å². The first-order valence-electron chi connectivity index (χ1n) is 5.45. The highest BCUT2D eigenvalue weighted by Gasteiger charge is 2.18. The van der Waals surface area contributed by atoms with Gasteiger partial charge >= 0.3 is 0 Å². The smallest absolute Gasteiger partial charge is 0.261 e. The molecule has 0 saturated carbocycles. The molecule has 0 saturated heterocycles. The highest BCUT2D eigenvalue weighted by molar-refractivity contribution is 6.34. The van der Waals surface area contributed by atoms with Crippen LogP contribution in [0, 0.1) is 0 Å². The third-order valence-corrected chi connectivity index (χ3v) is 3.22. The minimum atomic E-state index is -0.542. The van der Waals surface area contributed by atoms with E-state index in [1.807, 2.05) is 0 Å². The fourth-order valence-corrected chi connectivity index (χ4v) is 2.21. The second kappa shape index (κ2) is 4.73. The number of rotatable bonds is 1. The zero-order valence-corrected chi connectivity index (χ0v) is 11.3. The molecule has 0 amide bonds. The molecule has 0 aliphatic rings. The predicted molar refractivity (Wildman–Crippen MR) is 75.1 cm³/mol. The molecule has 0 fully saturated rings. The van der Waals surface area contributed by atoms with E-state index >= 15 is 0 Å². The lowest BCUT2D eigenvalue weighted by Crippen LogP contribution is -2.11. The zero-order valence-electron chi connectivity index (χ0n) is 9.76. The van der Waals surface area contributed by atoms with Gasteiger partial charge in [0.15, 0.2) is 11.4 Å². The number of aromatic nitrogens is 4. The van der Waals surface area contributed by atoms with Crippen molar-refractivity contribution in [2.24, 2.45) is 0 Å². The number of aromatic amines is 1. The summed E-state index contributed by atoms with van der Waals surface area (Å²) in [6.45, 7) is 0. The number of fused-ring (bicyclic) bond motifs is 1. The standard InChI is InChI=1S/C12H6Cl2N4O2/c13-6-4-17-7(14)3-5(6)8-10(19)9-11(18-12(8)20)16-2-1-15-9/h1-4H,(H2,16,18,19,20). The Balaban J connectivity index is 2.42. The maximum absolute atomic E-state index is 12.1. The molecule has 3 rings (SSSR count). The molecule has 0 aromatic carbocycles. The van der Waals surface area contributed by atoms with Crippen molar-refractivity contribution < 1.29 is 5.11 Å². The van der Waals surface area contributed by atoms with Gasteiger partial charge in [-0.1, -0.05) is 23.2 Å². The third kappa shape index (κ3) is 1.99. The van der Waals surface area contributed by atoms with Crippen LogP contribution in [0.3, 0.4) is 0 Å². The summed E-state index contributed by atoms with van der Waals surface area (Å²) < 4.78 is 0. The molecule has 6 nitrogen and oxygen atoms in total. The molecule has 8 heteroatoms. The Hall–Kier alpha value is -2.18. The van der Waals surface area contributed by atoms with Gasteiger partial charge in [0.05, 0.1) is 10.6 Å². The molecule has 0 aliphatic carbocycles. The average Bonchev–Trinajstić information content (AvgIpc) is 2.42. The van der Waals surface area contributed by atoms with Crippen molar-refractivity contribution >= 4 is 34.4 Å². The van der Waals surface area contributed by atoms with Gasteiger partial charge in [-0.3, -0.25) is 4.79 Å². The first-order valence-corrected chi connectivity index (χ1v) is 6.21. The van der Waals surface area contributed by atoms with Gasteiger partial charge in [0.1, 0.15) is 10.7 Å². The summed E-state index contributed by atoms with van der Waals surface area (Å²) in [5, 5.41) is 10.6. The lowest BCUT2D eigenvalue weighted by molar-refractivity contribution is 0.481. The molecule has 3 aromatic rings. The first kappa shape index (κ1) is 12.8. The molecule has 3 heterocycles. The molecule has 0 radical (unpaired) electrons. The summed E-state index contributed by atoms with van der Waals surface area (Å²) in [4.78, 5) is 26.4. The lowest BCUT2D eigenvalue weighted by atomic mass is 10.1. The van der Waals surface area contributed by atoms with E-state index in [-0.39, 0.29) is 38.2 Å². The number of pyridine rings is 2. The van der Waals surface area contributed by atoms with E-state index in [0.29, 0.717) is 0 Å². The number of hydrogen-bond donors (Lipinski definition) is 2. The van der Waals surface area contributed by atoms with E-state index in [1.165, 1.54) is 24.7 Å². The minimum Gasteiger partial charge on any atom is -0.505 e. The normalized spacial score (nSPS) is 10.9. The summed E-state index contributed by atoms with van der Waals surface area (Å²) in [5.41, 5.74) is 0.0751.